The van der Waals surface area contributed by atoms with E-state index >= 15 is 0 Å². The average molecular weight is 282 g/mol. The molecule has 1 fully saturated rings. The van der Waals surface area contributed by atoms with Gasteiger partial charge in [0.2, 0.25) is 0 Å². The monoisotopic (exact) mass is 282 g/mol. The molecule has 6 nitrogen and oxygen atoms in total. The fourth-order valence-electron chi connectivity index (χ4n) is 2.23. The number of benzene rings is 1. The molecule has 0 aromatic heterocycles. The number of aliphatic hydroxyl groups is 1. The zero-order valence-corrected chi connectivity index (χ0v) is 10.8. The molecular formula is C13H15FN2O4. The van der Waals surface area contributed by atoms with E-state index in [0.29, 0.717) is 11.3 Å². The number of urea groups is 1. The molecule has 1 aliphatic heterocycles. The first kappa shape index (κ1) is 14.3. The van der Waals surface area contributed by atoms with Crippen molar-refractivity contribution in [1.82, 2.24) is 4.90 Å². The fourth-order valence-corrected chi connectivity index (χ4v) is 2.23. The second-order valence-corrected chi connectivity index (χ2v) is 4.79. The van der Waals surface area contributed by atoms with Crippen molar-refractivity contribution in [3.05, 3.63) is 29.6 Å². The molecule has 0 unspecified atom stereocenters. The number of aryl methyl sites for hydroxylation is 1. The van der Waals surface area contributed by atoms with E-state index in [1.54, 1.807) is 6.92 Å². The van der Waals surface area contributed by atoms with Crippen LogP contribution >= 0.6 is 0 Å². The van der Waals surface area contributed by atoms with E-state index in [1.807, 2.05) is 0 Å². The van der Waals surface area contributed by atoms with Crippen LogP contribution in [0.2, 0.25) is 0 Å². The van der Waals surface area contributed by atoms with Gasteiger partial charge >= 0.3 is 12.0 Å². The van der Waals surface area contributed by atoms with Crippen molar-refractivity contribution >= 4 is 17.7 Å². The third kappa shape index (κ3) is 2.88. The molecular weight excluding hydrogens is 267 g/mol. The Kier molecular flexibility index (Phi) is 3.89. The number of carboxylic acid groups (broad SMARTS) is 1. The second kappa shape index (κ2) is 5.46. The lowest BCUT2D eigenvalue weighted by atomic mass is 10.2. The number of anilines is 1. The molecule has 1 saturated heterocycles. The predicted octanol–water partition coefficient (Wildman–Crippen LogP) is 1.19. The number of hydrogen-bond acceptors (Lipinski definition) is 3. The molecule has 7 heteroatoms. The van der Waals surface area contributed by atoms with Gasteiger partial charge in [0.1, 0.15) is 11.9 Å². The van der Waals surface area contributed by atoms with Gasteiger partial charge in [-0.25, -0.2) is 14.0 Å². The van der Waals surface area contributed by atoms with E-state index in [0.717, 1.165) is 4.90 Å². The molecule has 108 valence electrons. The molecule has 1 heterocycles. The first-order valence-electron chi connectivity index (χ1n) is 6.13. The van der Waals surface area contributed by atoms with E-state index in [9.17, 15) is 19.1 Å². The normalized spacial score (nSPS) is 21.9. The third-order valence-corrected chi connectivity index (χ3v) is 3.25. The van der Waals surface area contributed by atoms with Gasteiger partial charge in [0.05, 0.1) is 6.10 Å². The van der Waals surface area contributed by atoms with Crippen molar-refractivity contribution < 1.29 is 24.2 Å². The molecule has 0 radical (unpaired) electrons. The number of carboxylic acids is 1. The topological polar surface area (TPSA) is 89.9 Å². The highest BCUT2D eigenvalue weighted by Crippen LogP contribution is 2.21. The van der Waals surface area contributed by atoms with E-state index < -0.39 is 30.0 Å². The van der Waals surface area contributed by atoms with Crippen LogP contribution in [0, 0.1) is 12.7 Å². The molecule has 20 heavy (non-hydrogen) atoms. The molecule has 0 saturated carbocycles. The number of carbonyl (C=O) groups excluding carboxylic acids is 1. The van der Waals surface area contributed by atoms with Crippen molar-refractivity contribution in [2.45, 2.75) is 25.5 Å². The summed E-state index contributed by atoms with van der Waals surface area (Å²) in [5, 5.41) is 21.0. The van der Waals surface area contributed by atoms with Gasteiger partial charge in [-0.15, -0.1) is 0 Å². The number of rotatable bonds is 2. The zero-order chi connectivity index (χ0) is 14.9. The van der Waals surface area contributed by atoms with E-state index in [4.69, 9.17) is 5.11 Å². The Balaban J connectivity index is 2.13. The van der Waals surface area contributed by atoms with Crippen molar-refractivity contribution in [3.8, 4) is 0 Å². The maximum absolute atomic E-state index is 13.0. The number of aliphatic hydroxyl groups excluding tert-OH is 1. The summed E-state index contributed by atoms with van der Waals surface area (Å²) in [7, 11) is 0. The Morgan fingerprint density at radius 3 is 2.75 bits per heavy atom. The van der Waals surface area contributed by atoms with Gasteiger partial charge in [-0.2, -0.15) is 0 Å². The first-order valence-corrected chi connectivity index (χ1v) is 6.13. The zero-order valence-electron chi connectivity index (χ0n) is 10.8. The molecule has 2 atom stereocenters. The summed E-state index contributed by atoms with van der Waals surface area (Å²) >= 11 is 0. The standard InChI is InChI=1S/C13H15FN2O4/c1-7-4-8(14)2-3-10(7)15-13(20)16-6-9(17)5-11(16)12(18)19/h2-4,9,11,17H,5-6H2,1H3,(H,15,20)(H,18,19)/t9-,11-/m0/s1. The van der Waals surface area contributed by atoms with Crippen LogP contribution in [0.25, 0.3) is 0 Å². The minimum atomic E-state index is -1.16. The van der Waals surface area contributed by atoms with Gasteiger partial charge in [-0.3, -0.25) is 0 Å². The van der Waals surface area contributed by atoms with E-state index in [-0.39, 0.29) is 13.0 Å². The minimum Gasteiger partial charge on any atom is -0.480 e. The van der Waals surface area contributed by atoms with Crippen molar-refractivity contribution in [3.63, 3.8) is 0 Å². The molecule has 0 aliphatic carbocycles. The van der Waals surface area contributed by atoms with E-state index in [1.165, 1.54) is 18.2 Å². The van der Waals surface area contributed by atoms with Crippen LogP contribution in [-0.2, 0) is 4.79 Å². The van der Waals surface area contributed by atoms with Gasteiger partial charge in [-0.05, 0) is 30.7 Å². The summed E-state index contributed by atoms with van der Waals surface area (Å²) in [4.78, 5) is 24.2. The van der Waals surface area contributed by atoms with Crippen LogP contribution in [-0.4, -0.2) is 45.8 Å². The van der Waals surface area contributed by atoms with Crippen molar-refractivity contribution in [2.24, 2.45) is 0 Å². The maximum Gasteiger partial charge on any atom is 0.326 e. The summed E-state index contributed by atoms with van der Waals surface area (Å²) in [5.41, 5.74) is 0.937. The van der Waals surface area contributed by atoms with Crippen LogP contribution in [0.3, 0.4) is 0 Å². The minimum absolute atomic E-state index is 0.00511. The lowest BCUT2D eigenvalue weighted by Gasteiger charge is -2.22. The average Bonchev–Trinajstić information content (AvgIpc) is 2.75. The lowest BCUT2D eigenvalue weighted by molar-refractivity contribution is -0.141. The van der Waals surface area contributed by atoms with Crippen molar-refractivity contribution in [1.29, 1.82) is 0 Å². The molecule has 3 N–H and O–H groups in total. The van der Waals surface area contributed by atoms with Crippen LogP contribution in [0.4, 0.5) is 14.9 Å². The largest absolute Gasteiger partial charge is 0.480 e. The summed E-state index contributed by atoms with van der Waals surface area (Å²) in [6.45, 7) is 1.59. The fraction of sp³-hybridized carbons (Fsp3) is 0.385. The number of nitrogens with zero attached hydrogens (tertiary/aromatic N) is 1. The lowest BCUT2D eigenvalue weighted by Crippen LogP contribution is -2.43. The number of nitrogens with one attached hydrogen (secondary N) is 1. The van der Waals surface area contributed by atoms with Crippen LogP contribution in [0.5, 0.6) is 0 Å². The number of likely N-dealkylation sites (tertiary alicyclic amines) is 1. The molecule has 2 amide bonds. The highest BCUT2D eigenvalue weighted by molar-refractivity contribution is 5.93. The van der Waals surface area contributed by atoms with Gasteiger partial charge in [0.15, 0.2) is 0 Å². The number of halogens is 1. The summed E-state index contributed by atoms with van der Waals surface area (Å²) < 4.78 is 13.0. The van der Waals surface area contributed by atoms with Crippen molar-refractivity contribution in [2.75, 3.05) is 11.9 Å². The number of β-amino-alcohol motifs (C(OH)–C–C–N with tert-alkyl or cyclic N) is 1. The van der Waals surface area contributed by atoms with Gasteiger partial charge in [0.25, 0.3) is 0 Å². The third-order valence-electron chi connectivity index (χ3n) is 3.25. The molecule has 0 bridgehead atoms. The number of carbonyl (C=O) groups is 2. The molecule has 2 rings (SSSR count). The molecule has 1 aromatic carbocycles. The quantitative estimate of drug-likeness (QED) is 0.760. The first-order chi connectivity index (χ1) is 9.38. The summed E-state index contributed by atoms with van der Waals surface area (Å²) in [5.74, 6) is -1.58. The molecule has 1 aromatic rings. The number of aliphatic carboxylic acids is 1. The summed E-state index contributed by atoms with van der Waals surface area (Å²) in [6, 6.07) is 2.21. The maximum atomic E-state index is 13.0. The van der Waals surface area contributed by atoms with Crippen LogP contribution < -0.4 is 5.32 Å². The number of hydrogen-bond donors (Lipinski definition) is 3. The Bertz CT molecular complexity index is 549. The van der Waals surface area contributed by atoms with Gasteiger partial charge in [0, 0.05) is 18.7 Å². The Morgan fingerprint density at radius 2 is 2.15 bits per heavy atom. The predicted molar refractivity (Wildman–Crippen MR) is 68.9 cm³/mol. The van der Waals surface area contributed by atoms with Crippen LogP contribution in [0.1, 0.15) is 12.0 Å². The highest BCUT2D eigenvalue weighted by atomic mass is 19.1. The number of amides is 2. The molecule has 0 spiro atoms. The van der Waals surface area contributed by atoms with Gasteiger partial charge in [-0.1, -0.05) is 0 Å². The van der Waals surface area contributed by atoms with E-state index in [2.05, 4.69) is 5.32 Å². The Hall–Kier alpha value is -2.15. The summed E-state index contributed by atoms with van der Waals surface area (Å²) in [6.07, 6.45) is -0.846. The van der Waals surface area contributed by atoms with Crippen LogP contribution in [0.15, 0.2) is 18.2 Å². The second-order valence-electron chi connectivity index (χ2n) is 4.79. The highest BCUT2D eigenvalue weighted by Gasteiger charge is 2.39. The molecule has 1 aliphatic rings. The Morgan fingerprint density at radius 1 is 1.45 bits per heavy atom. The Labute approximate surface area is 114 Å². The SMILES string of the molecule is Cc1cc(F)ccc1NC(=O)N1C[C@@H](O)C[C@H]1C(=O)O. The smallest absolute Gasteiger partial charge is 0.326 e. The van der Waals surface area contributed by atoms with Gasteiger partial charge < -0.3 is 20.4 Å².